The lowest BCUT2D eigenvalue weighted by Gasteiger charge is -2.32. The molecule has 402 valence electrons. The number of benzene rings is 2. The molecule has 4 rings (SSSR count). The number of hydrazine groups is 1. The van der Waals surface area contributed by atoms with Gasteiger partial charge in [0, 0.05) is 77.9 Å². The van der Waals surface area contributed by atoms with E-state index >= 15 is 0 Å². The first-order valence-electron chi connectivity index (χ1n) is 23.9. The minimum Gasteiger partial charge on any atom is -0.480 e. The number of amides is 5. The molecule has 0 spiro atoms. The zero-order valence-corrected chi connectivity index (χ0v) is 41.0. The van der Waals surface area contributed by atoms with Gasteiger partial charge in [-0.25, -0.2) is 19.4 Å². The lowest BCUT2D eigenvalue weighted by molar-refractivity contribution is -0.140. The van der Waals surface area contributed by atoms with Crippen LogP contribution >= 0.6 is 0 Å². The fourth-order valence-electron chi connectivity index (χ4n) is 7.84. The number of ketones is 1. The van der Waals surface area contributed by atoms with Crippen molar-refractivity contribution in [3.05, 3.63) is 71.9 Å². The van der Waals surface area contributed by atoms with E-state index in [2.05, 4.69) is 37.1 Å². The van der Waals surface area contributed by atoms with Crippen molar-refractivity contribution >= 4 is 76.0 Å². The largest absolute Gasteiger partial charge is 0.480 e. The highest BCUT2D eigenvalue weighted by Crippen LogP contribution is 2.17. The Kier molecular flexibility index (Phi) is 24.0. The number of carboxylic acid groups (broad SMARTS) is 5. The van der Waals surface area contributed by atoms with E-state index in [0.717, 1.165) is 16.3 Å². The van der Waals surface area contributed by atoms with E-state index < -0.39 is 71.7 Å². The third kappa shape index (κ3) is 21.9. The second-order valence-corrected chi connectivity index (χ2v) is 17.7. The number of anilines is 1. The van der Waals surface area contributed by atoms with E-state index in [1.165, 1.54) is 25.3 Å². The molecule has 0 bridgehead atoms. The first kappa shape index (κ1) is 58.8. The standard InChI is InChI=1S/C48H65N11O15/c1-31(60)9-13-37(47(72)73)53-48(74)52-36(46(70)71)8-4-5-15-49-45(69)38(25-32-10-11-33-6-2-3-7-34(33)24-32)51-44(68)35-12-14-39(50-26-35)54-55-40(61)27-56-16-18-57(28-41(62)63)20-22-59(30-43(66)67)23-21-58(19-17-56)29-42(64)65/h2-3,6-7,10-12,14,24,26,36-38H,4-5,8-9,13,15-23,25,27-30H2,1H3,(H,49,69)(H,50,54)(H,51,68)(H,55,61)(H,62,63)(H,64,65)(H,66,67)(H,70,71)(H,72,73)(H2,52,53,74). The van der Waals surface area contributed by atoms with Gasteiger partial charge in [0.05, 0.1) is 31.7 Å². The summed E-state index contributed by atoms with van der Waals surface area (Å²) in [6.45, 7) is 1.97. The molecule has 26 heteroatoms. The van der Waals surface area contributed by atoms with Crippen LogP contribution in [0.2, 0.25) is 0 Å². The predicted octanol–water partition coefficient (Wildman–Crippen LogP) is -0.644. The SMILES string of the molecule is CC(=O)CCC(NC(=O)NC(CCCCNC(=O)C(Cc1ccc2ccccc2c1)NC(=O)c1ccc(NNC(=O)CN2CCN(CC(=O)O)CCN(CC(=O)O)CCN(CC(=O)O)CC2)nc1)C(=O)O)C(=O)O. The molecule has 2 heterocycles. The number of pyridine rings is 1. The molecular weight excluding hydrogens is 971 g/mol. The monoisotopic (exact) mass is 1040 g/mol. The summed E-state index contributed by atoms with van der Waals surface area (Å²) in [5.41, 5.74) is 6.05. The molecule has 3 atom stereocenters. The number of carboxylic acids is 5. The molecule has 0 aliphatic carbocycles. The summed E-state index contributed by atoms with van der Waals surface area (Å²) >= 11 is 0. The van der Waals surface area contributed by atoms with Crippen LogP contribution in [-0.4, -0.2) is 213 Å². The first-order valence-corrected chi connectivity index (χ1v) is 23.9. The third-order valence-electron chi connectivity index (χ3n) is 11.8. The Morgan fingerprint density at radius 1 is 0.595 bits per heavy atom. The average Bonchev–Trinajstić information content (AvgIpc) is 3.34. The lowest BCUT2D eigenvalue weighted by Crippen LogP contribution is -2.51. The number of nitrogens with zero attached hydrogens (tertiary/aromatic N) is 5. The average molecular weight is 1040 g/mol. The molecule has 74 heavy (non-hydrogen) atoms. The van der Waals surface area contributed by atoms with Crippen LogP contribution in [0.25, 0.3) is 10.8 Å². The Bertz CT molecular complexity index is 2410. The van der Waals surface area contributed by atoms with Crippen molar-refractivity contribution in [1.82, 2.24) is 51.3 Å². The van der Waals surface area contributed by atoms with Gasteiger partial charge >= 0.3 is 35.9 Å². The van der Waals surface area contributed by atoms with Gasteiger partial charge in [-0.2, -0.15) is 0 Å². The molecule has 26 nitrogen and oxygen atoms in total. The normalized spacial score (nSPS) is 15.4. The summed E-state index contributed by atoms with van der Waals surface area (Å²) in [7, 11) is 0. The predicted molar refractivity (Wildman–Crippen MR) is 265 cm³/mol. The Morgan fingerprint density at radius 3 is 1.62 bits per heavy atom. The van der Waals surface area contributed by atoms with E-state index in [0.29, 0.717) is 0 Å². The summed E-state index contributed by atoms with van der Waals surface area (Å²) in [5.74, 6) is -7.82. The van der Waals surface area contributed by atoms with E-state index in [-0.39, 0.29) is 141 Å². The van der Waals surface area contributed by atoms with E-state index in [1.54, 1.807) is 19.6 Å². The van der Waals surface area contributed by atoms with Gasteiger partial charge in [-0.15, -0.1) is 0 Å². The molecule has 1 aliphatic rings. The Hall–Kier alpha value is -7.81. The van der Waals surface area contributed by atoms with Crippen molar-refractivity contribution in [3.8, 4) is 0 Å². The summed E-state index contributed by atoms with van der Waals surface area (Å²) < 4.78 is 0. The number of nitrogens with one attached hydrogen (secondary N) is 6. The van der Waals surface area contributed by atoms with Crippen molar-refractivity contribution in [1.29, 1.82) is 0 Å². The van der Waals surface area contributed by atoms with Crippen molar-refractivity contribution in [3.63, 3.8) is 0 Å². The van der Waals surface area contributed by atoms with Gasteiger partial charge in [0.15, 0.2) is 0 Å². The van der Waals surface area contributed by atoms with Crippen LogP contribution in [0.5, 0.6) is 0 Å². The molecule has 2 aromatic carbocycles. The molecule has 0 radical (unpaired) electrons. The molecule has 0 saturated carbocycles. The topological polar surface area (TPSA) is 370 Å². The number of aliphatic carboxylic acids is 5. The van der Waals surface area contributed by atoms with Crippen molar-refractivity contribution in [2.45, 2.75) is 63.6 Å². The summed E-state index contributed by atoms with van der Waals surface area (Å²) in [4.78, 5) is 133. The zero-order chi connectivity index (χ0) is 54.2. The molecule has 5 amide bonds. The number of carbonyl (C=O) groups excluding carboxylic acids is 5. The Balaban J connectivity index is 1.35. The Labute approximate surface area is 425 Å². The fraction of sp³-hybridized carbons (Fsp3) is 0.479. The maximum Gasteiger partial charge on any atom is 0.326 e. The number of aromatic nitrogens is 1. The number of hydrogen-bond acceptors (Lipinski definition) is 16. The van der Waals surface area contributed by atoms with Crippen LogP contribution in [-0.2, 0) is 44.8 Å². The molecule has 3 unspecified atom stereocenters. The van der Waals surface area contributed by atoms with E-state index in [1.807, 2.05) is 42.5 Å². The van der Waals surface area contributed by atoms with Gasteiger partial charge in [0.1, 0.15) is 29.7 Å². The van der Waals surface area contributed by atoms with Gasteiger partial charge in [-0.1, -0.05) is 42.5 Å². The maximum absolute atomic E-state index is 13.7. The second kappa shape index (κ2) is 30.3. The van der Waals surface area contributed by atoms with Gasteiger partial charge in [0.2, 0.25) is 5.91 Å². The van der Waals surface area contributed by atoms with Crippen molar-refractivity contribution < 1.29 is 73.5 Å². The van der Waals surface area contributed by atoms with Gasteiger partial charge in [-0.05, 0) is 61.1 Å². The maximum atomic E-state index is 13.7. The smallest absolute Gasteiger partial charge is 0.326 e. The molecule has 3 aromatic rings. The molecule has 1 fully saturated rings. The quantitative estimate of drug-likeness (QED) is 0.0334. The van der Waals surface area contributed by atoms with Gasteiger partial charge in [0.25, 0.3) is 11.8 Å². The molecule has 1 aliphatic heterocycles. The number of carbonyl (C=O) groups is 10. The second-order valence-electron chi connectivity index (χ2n) is 17.7. The molecule has 1 aromatic heterocycles. The van der Waals surface area contributed by atoms with Gasteiger partial charge in [-0.3, -0.25) is 59.2 Å². The number of urea groups is 1. The number of hydrogen-bond donors (Lipinski definition) is 11. The molecule has 11 N–H and O–H groups in total. The van der Waals surface area contributed by atoms with Gasteiger partial charge < -0.3 is 51.6 Å². The van der Waals surface area contributed by atoms with Crippen LogP contribution in [0.3, 0.4) is 0 Å². The number of rotatable bonds is 27. The van der Waals surface area contributed by atoms with Crippen molar-refractivity contribution in [2.24, 2.45) is 0 Å². The highest BCUT2D eigenvalue weighted by molar-refractivity contribution is 5.97. The van der Waals surface area contributed by atoms with Crippen LogP contribution in [0, 0.1) is 0 Å². The highest BCUT2D eigenvalue weighted by atomic mass is 16.4. The minimum absolute atomic E-state index is 0.0653. The molecular formula is C48H65N11O15. The van der Waals surface area contributed by atoms with Crippen LogP contribution in [0.1, 0.15) is 54.9 Å². The summed E-state index contributed by atoms with van der Waals surface area (Å²) in [6, 6.07) is 11.2. The van der Waals surface area contributed by atoms with Crippen LogP contribution in [0.15, 0.2) is 60.8 Å². The van der Waals surface area contributed by atoms with E-state index in [9.17, 15) is 73.5 Å². The lowest BCUT2D eigenvalue weighted by atomic mass is 10.0. The summed E-state index contributed by atoms with van der Waals surface area (Å²) in [5, 5.41) is 59.3. The zero-order valence-electron chi connectivity index (χ0n) is 41.0. The Morgan fingerprint density at radius 2 is 1.12 bits per heavy atom. The first-order chi connectivity index (χ1) is 35.2. The number of fused-ring (bicyclic) bond motifs is 1. The summed E-state index contributed by atoms with van der Waals surface area (Å²) in [6.07, 6.45) is 1.47. The minimum atomic E-state index is -1.41. The van der Waals surface area contributed by atoms with Crippen LogP contribution < -0.4 is 32.1 Å². The van der Waals surface area contributed by atoms with Crippen molar-refractivity contribution in [2.75, 3.05) is 90.5 Å². The van der Waals surface area contributed by atoms with Crippen LogP contribution in [0.4, 0.5) is 10.6 Å². The number of Topliss-reactive ketones (excluding diaryl/α,β-unsaturated/α-hetero) is 1. The highest BCUT2D eigenvalue weighted by Gasteiger charge is 2.27. The molecule has 1 saturated heterocycles. The third-order valence-corrected chi connectivity index (χ3v) is 11.8. The van der Waals surface area contributed by atoms with E-state index in [4.69, 9.17) is 0 Å². The fourth-order valence-corrected chi connectivity index (χ4v) is 7.84. The number of unbranched alkanes of at least 4 members (excludes halogenated alkanes) is 1.